The lowest BCUT2D eigenvalue weighted by Crippen LogP contribution is -2.14. The first-order chi connectivity index (χ1) is 11.5. The number of carbonyl (C=O) groups is 1. The molecule has 0 atom stereocenters. The van der Waals surface area contributed by atoms with E-state index < -0.39 is 11.5 Å². The van der Waals surface area contributed by atoms with Crippen molar-refractivity contribution >= 4 is 34.1 Å². The summed E-state index contributed by atoms with van der Waals surface area (Å²) in [4.78, 5) is 24.1. The van der Waals surface area contributed by atoms with Crippen molar-refractivity contribution in [2.24, 2.45) is 0 Å². The zero-order chi connectivity index (χ0) is 17.1. The van der Waals surface area contributed by atoms with Gasteiger partial charge in [-0.15, -0.1) is 10.2 Å². The molecule has 24 heavy (non-hydrogen) atoms. The van der Waals surface area contributed by atoms with E-state index in [1.54, 1.807) is 0 Å². The average Bonchev–Trinajstić information content (AvgIpc) is 3.02. The molecule has 0 aliphatic carbocycles. The van der Waals surface area contributed by atoms with Crippen LogP contribution < -0.4 is 10.9 Å². The van der Waals surface area contributed by atoms with Crippen LogP contribution in [-0.2, 0) is 0 Å². The molecular formula is C16H13N3O3S2. The SMILES string of the molecule is CSc1nnc(NC(=O)c2cc(-c3ccc(C)cc3)cc(=O)o2)s1. The van der Waals surface area contributed by atoms with Gasteiger partial charge < -0.3 is 4.42 Å². The Morgan fingerprint density at radius 2 is 1.92 bits per heavy atom. The van der Waals surface area contributed by atoms with Gasteiger partial charge in [0.15, 0.2) is 10.1 Å². The molecule has 2 heterocycles. The summed E-state index contributed by atoms with van der Waals surface area (Å²) in [6.45, 7) is 1.98. The molecular weight excluding hydrogens is 346 g/mol. The predicted molar refractivity (Wildman–Crippen MR) is 94.8 cm³/mol. The summed E-state index contributed by atoms with van der Waals surface area (Å²) in [5.41, 5.74) is 1.99. The minimum atomic E-state index is -0.583. The van der Waals surface area contributed by atoms with E-state index in [2.05, 4.69) is 15.5 Å². The number of hydrogen-bond donors (Lipinski definition) is 1. The van der Waals surface area contributed by atoms with E-state index in [1.165, 1.54) is 35.2 Å². The molecule has 0 radical (unpaired) electrons. The third-order valence-corrected chi connectivity index (χ3v) is 4.99. The van der Waals surface area contributed by atoms with Crippen LogP contribution in [0.1, 0.15) is 16.1 Å². The van der Waals surface area contributed by atoms with Gasteiger partial charge in [0.25, 0.3) is 5.91 Å². The van der Waals surface area contributed by atoms with E-state index >= 15 is 0 Å². The van der Waals surface area contributed by atoms with Gasteiger partial charge >= 0.3 is 5.63 Å². The number of aromatic nitrogens is 2. The van der Waals surface area contributed by atoms with Gasteiger partial charge in [-0.3, -0.25) is 10.1 Å². The Morgan fingerprint density at radius 3 is 2.58 bits per heavy atom. The van der Waals surface area contributed by atoms with Crippen LogP contribution in [0.15, 0.2) is 49.9 Å². The molecule has 2 aromatic heterocycles. The molecule has 1 amide bonds. The van der Waals surface area contributed by atoms with Crippen molar-refractivity contribution in [2.45, 2.75) is 11.3 Å². The van der Waals surface area contributed by atoms with E-state index in [4.69, 9.17) is 4.42 Å². The Balaban J connectivity index is 1.89. The number of nitrogens with one attached hydrogen (secondary N) is 1. The van der Waals surface area contributed by atoms with Gasteiger partial charge in [-0.1, -0.05) is 52.9 Å². The fraction of sp³-hybridized carbons (Fsp3) is 0.125. The van der Waals surface area contributed by atoms with Crippen LogP contribution in [0.5, 0.6) is 0 Å². The highest BCUT2D eigenvalue weighted by Gasteiger charge is 2.14. The van der Waals surface area contributed by atoms with Crippen molar-refractivity contribution in [1.29, 1.82) is 0 Å². The third-order valence-electron chi connectivity index (χ3n) is 3.18. The normalized spacial score (nSPS) is 10.6. The minimum absolute atomic E-state index is 0.0704. The van der Waals surface area contributed by atoms with Crippen LogP contribution in [0.4, 0.5) is 5.13 Å². The second-order valence-corrected chi connectivity index (χ2v) is 6.96. The molecule has 122 valence electrons. The van der Waals surface area contributed by atoms with Gasteiger partial charge in [-0.05, 0) is 30.4 Å². The van der Waals surface area contributed by atoms with Crippen LogP contribution in [-0.4, -0.2) is 22.4 Å². The summed E-state index contributed by atoms with van der Waals surface area (Å²) in [6, 6.07) is 10.6. The maximum Gasteiger partial charge on any atom is 0.336 e. The molecule has 0 fully saturated rings. The van der Waals surface area contributed by atoms with Crippen molar-refractivity contribution in [2.75, 3.05) is 11.6 Å². The van der Waals surface area contributed by atoms with Crippen molar-refractivity contribution in [1.82, 2.24) is 10.2 Å². The number of aryl methyl sites for hydroxylation is 1. The van der Waals surface area contributed by atoms with Crippen molar-refractivity contribution < 1.29 is 9.21 Å². The Morgan fingerprint density at radius 1 is 1.17 bits per heavy atom. The van der Waals surface area contributed by atoms with Crippen LogP contribution in [0, 0.1) is 6.92 Å². The first-order valence-corrected chi connectivity index (χ1v) is 9.00. The number of hydrogen-bond acceptors (Lipinski definition) is 7. The second kappa shape index (κ2) is 6.98. The quantitative estimate of drug-likeness (QED) is 0.567. The van der Waals surface area contributed by atoms with Crippen LogP contribution in [0.3, 0.4) is 0 Å². The fourth-order valence-corrected chi connectivity index (χ4v) is 3.17. The topological polar surface area (TPSA) is 85.1 Å². The lowest BCUT2D eigenvalue weighted by Gasteiger charge is -2.04. The molecule has 1 N–H and O–H groups in total. The number of carbonyl (C=O) groups excluding carboxylic acids is 1. The molecule has 0 unspecified atom stereocenters. The molecule has 0 aliphatic rings. The Bertz CT molecular complexity index is 932. The van der Waals surface area contributed by atoms with E-state index in [-0.39, 0.29) is 5.76 Å². The highest BCUT2D eigenvalue weighted by atomic mass is 32.2. The maximum atomic E-state index is 12.3. The zero-order valence-electron chi connectivity index (χ0n) is 12.9. The molecule has 3 rings (SSSR count). The molecule has 8 heteroatoms. The maximum absolute atomic E-state index is 12.3. The molecule has 3 aromatic rings. The molecule has 0 spiro atoms. The van der Waals surface area contributed by atoms with Gasteiger partial charge in [-0.25, -0.2) is 4.79 Å². The smallest absolute Gasteiger partial charge is 0.336 e. The number of thioether (sulfide) groups is 1. The van der Waals surface area contributed by atoms with E-state index in [9.17, 15) is 9.59 Å². The van der Waals surface area contributed by atoms with E-state index in [1.807, 2.05) is 37.4 Å². The van der Waals surface area contributed by atoms with Crippen LogP contribution in [0.25, 0.3) is 11.1 Å². The summed E-state index contributed by atoms with van der Waals surface area (Å²) in [7, 11) is 0. The largest absolute Gasteiger partial charge is 0.417 e. The number of benzene rings is 1. The van der Waals surface area contributed by atoms with Crippen LogP contribution in [0.2, 0.25) is 0 Å². The molecule has 0 saturated heterocycles. The van der Waals surface area contributed by atoms with Gasteiger partial charge in [0, 0.05) is 6.07 Å². The van der Waals surface area contributed by atoms with Gasteiger partial charge in [0.05, 0.1) is 0 Å². The number of amides is 1. The molecule has 0 bridgehead atoms. The molecule has 6 nitrogen and oxygen atoms in total. The van der Waals surface area contributed by atoms with Gasteiger partial charge in [0.1, 0.15) is 0 Å². The summed E-state index contributed by atoms with van der Waals surface area (Å²) in [5, 5.41) is 10.7. The summed E-state index contributed by atoms with van der Waals surface area (Å²) < 4.78 is 5.75. The van der Waals surface area contributed by atoms with Crippen LogP contribution >= 0.6 is 23.1 Å². The molecule has 0 saturated carbocycles. The Hall–Kier alpha value is -2.45. The zero-order valence-corrected chi connectivity index (χ0v) is 14.5. The first-order valence-electron chi connectivity index (χ1n) is 6.96. The highest BCUT2D eigenvalue weighted by Crippen LogP contribution is 2.24. The predicted octanol–water partition coefficient (Wildman–Crippen LogP) is 3.44. The summed E-state index contributed by atoms with van der Waals surface area (Å²) in [6.07, 6.45) is 1.87. The summed E-state index contributed by atoms with van der Waals surface area (Å²) in [5.74, 6) is -0.608. The van der Waals surface area contributed by atoms with Crippen molar-refractivity contribution in [3.63, 3.8) is 0 Å². The summed E-state index contributed by atoms with van der Waals surface area (Å²) >= 11 is 2.69. The Labute approximate surface area is 145 Å². The fourth-order valence-electron chi connectivity index (χ4n) is 2.00. The third kappa shape index (κ3) is 3.72. The number of anilines is 1. The molecule has 0 aliphatic heterocycles. The van der Waals surface area contributed by atoms with Gasteiger partial charge in [0.2, 0.25) is 5.13 Å². The number of rotatable bonds is 4. The first kappa shape index (κ1) is 16.4. The molecule has 1 aromatic carbocycles. The second-order valence-electron chi connectivity index (χ2n) is 4.93. The standard InChI is InChI=1S/C16H13N3O3S2/c1-9-3-5-10(6-4-9)11-7-12(22-13(20)8-11)14(21)17-15-18-19-16(23-2)24-15/h3-8H,1-2H3,(H,17,18,21). The van der Waals surface area contributed by atoms with Gasteiger partial charge in [-0.2, -0.15) is 0 Å². The average molecular weight is 359 g/mol. The lowest BCUT2D eigenvalue weighted by molar-refractivity contribution is 0.0992. The van der Waals surface area contributed by atoms with Crippen molar-refractivity contribution in [3.8, 4) is 11.1 Å². The minimum Gasteiger partial charge on any atom is -0.417 e. The highest BCUT2D eigenvalue weighted by molar-refractivity contribution is 8.00. The monoisotopic (exact) mass is 359 g/mol. The number of nitrogens with zero attached hydrogens (tertiary/aromatic N) is 2. The Kier molecular flexibility index (Phi) is 4.77. The van der Waals surface area contributed by atoms with Crippen molar-refractivity contribution in [3.05, 3.63) is 58.1 Å². The van der Waals surface area contributed by atoms with E-state index in [0.717, 1.165) is 15.5 Å². The lowest BCUT2D eigenvalue weighted by atomic mass is 10.1. The van der Waals surface area contributed by atoms with E-state index in [0.29, 0.717) is 10.7 Å².